The zero-order chi connectivity index (χ0) is 34.3. The maximum atomic E-state index is 2.70. The van der Waals surface area contributed by atoms with Crippen molar-refractivity contribution in [3.05, 3.63) is 162 Å². The second kappa shape index (κ2) is 11.5. The normalized spacial score (nSPS) is 14.5. The van der Waals surface area contributed by atoms with E-state index in [-0.39, 0.29) is 12.3 Å². The van der Waals surface area contributed by atoms with E-state index in [1.165, 1.54) is 102 Å². The minimum atomic E-state index is 0.00256. The number of aryl methyl sites for hydroxylation is 1. The van der Waals surface area contributed by atoms with Gasteiger partial charge in [-0.05, 0) is 117 Å². The summed E-state index contributed by atoms with van der Waals surface area (Å²) in [7, 11) is 0. The highest BCUT2D eigenvalue weighted by atomic mass is 15.2. The fraction of sp³-hybridized carbons (Fsp3) is 0.167. The molecule has 2 nitrogen and oxygen atoms in total. The van der Waals surface area contributed by atoms with Crippen LogP contribution in [0.1, 0.15) is 50.3 Å². The van der Waals surface area contributed by atoms with Crippen LogP contribution in [-0.4, -0.2) is 6.85 Å². The maximum absolute atomic E-state index is 2.70. The minimum absolute atomic E-state index is 0.00256. The third-order valence-electron chi connectivity index (χ3n) is 11.6. The van der Waals surface area contributed by atoms with Crippen LogP contribution in [0.15, 0.2) is 146 Å². The summed E-state index contributed by atoms with van der Waals surface area (Å²) in [5.41, 5.74) is 18.8. The number of hydrogen-bond acceptors (Lipinski definition) is 2. The van der Waals surface area contributed by atoms with Gasteiger partial charge in [-0.3, -0.25) is 0 Å². The summed E-state index contributed by atoms with van der Waals surface area (Å²) in [6.45, 7) is 6.86. The Hall–Kier alpha value is -5.54. The summed E-state index contributed by atoms with van der Waals surface area (Å²) in [5, 5.41) is 2.61. The molecule has 0 bridgehead atoms. The third kappa shape index (κ3) is 4.64. The minimum Gasteiger partial charge on any atom is -0.376 e. The van der Waals surface area contributed by atoms with Gasteiger partial charge >= 0.3 is 6.85 Å². The molecule has 0 atom stereocenters. The maximum Gasteiger partial charge on any atom is 0.333 e. The molecule has 0 fully saturated rings. The van der Waals surface area contributed by atoms with Crippen LogP contribution in [0.3, 0.4) is 0 Å². The molecule has 7 aromatic carbocycles. The molecular formula is C48H41BN2. The van der Waals surface area contributed by atoms with Crippen molar-refractivity contribution in [3.8, 4) is 22.3 Å². The first-order chi connectivity index (χ1) is 25.0. The van der Waals surface area contributed by atoms with Crippen molar-refractivity contribution >= 4 is 57.0 Å². The van der Waals surface area contributed by atoms with Crippen molar-refractivity contribution in [3.63, 3.8) is 0 Å². The zero-order valence-electron chi connectivity index (χ0n) is 29.7. The van der Waals surface area contributed by atoms with E-state index in [0.29, 0.717) is 0 Å². The molecule has 3 heteroatoms. The fourth-order valence-corrected chi connectivity index (χ4v) is 9.21. The molecule has 51 heavy (non-hydrogen) atoms. The van der Waals surface area contributed by atoms with Gasteiger partial charge in [-0.15, -0.1) is 0 Å². The average molecular weight is 657 g/mol. The van der Waals surface area contributed by atoms with Crippen LogP contribution in [0.5, 0.6) is 0 Å². The number of rotatable bonds is 3. The van der Waals surface area contributed by atoms with Crippen molar-refractivity contribution < 1.29 is 0 Å². The van der Waals surface area contributed by atoms with Crippen LogP contribution >= 0.6 is 0 Å². The summed E-state index contributed by atoms with van der Waals surface area (Å²) >= 11 is 0. The van der Waals surface area contributed by atoms with Gasteiger partial charge in [0.25, 0.3) is 0 Å². The molecule has 3 aliphatic rings. The van der Waals surface area contributed by atoms with E-state index >= 15 is 0 Å². The SMILES string of the molecule is CC(C)(C)c1ccc(N2c3ccccc3B3c4c(cccc42)-c2ccccc2N3c2ccc3c(c2-c2cccc4ccccc24)CCCC3)cc1. The number of hydrogen-bond donors (Lipinski definition) is 0. The van der Waals surface area contributed by atoms with Crippen LogP contribution < -0.4 is 20.6 Å². The summed E-state index contributed by atoms with van der Waals surface area (Å²) in [6.07, 6.45) is 4.74. The van der Waals surface area contributed by atoms with Gasteiger partial charge in [-0.1, -0.05) is 130 Å². The molecule has 1 aliphatic carbocycles. The fourth-order valence-electron chi connectivity index (χ4n) is 9.21. The molecule has 0 unspecified atom stereocenters. The van der Waals surface area contributed by atoms with E-state index in [2.05, 4.69) is 176 Å². The van der Waals surface area contributed by atoms with Crippen molar-refractivity contribution in [2.45, 2.75) is 51.9 Å². The Morgan fingerprint density at radius 2 is 1.20 bits per heavy atom. The molecule has 2 aliphatic heterocycles. The Morgan fingerprint density at radius 1 is 0.529 bits per heavy atom. The predicted molar refractivity (Wildman–Crippen MR) is 218 cm³/mol. The molecule has 246 valence electrons. The smallest absolute Gasteiger partial charge is 0.333 e. The van der Waals surface area contributed by atoms with Gasteiger partial charge < -0.3 is 9.71 Å². The van der Waals surface area contributed by atoms with Gasteiger partial charge in [0.15, 0.2) is 0 Å². The molecule has 10 rings (SSSR count). The summed E-state index contributed by atoms with van der Waals surface area (Å²) in [5.74, 6) is 0. The van der Waals surface area contributed by atoms with E-state index in [4.69, 9.17) is 0 Å². The van der Waals surface area contributed by atoms with Crippen LogP contribution in [-0.2, 0) is 18.3 Å². The lowest BCUT2D eigenvalue weighted by molar-refractivity contribution is 0.590. The van der Waals surface area contributed by atoms with Crippen molar-refractivity contribution in [1.29, 1.82) is 0 Å². The van der Waals surface area contributed by atoms with Crippen LogP contribution in [0.25, 0.3) is 33.0 Å². The molecule has 0 N–H and O–H groups in total. The molecule has 0 aromatic heterocycles. The highest BCUT2D eigenvalue weighted by Gasteiger charge is 2.45. The van der Waals surface area contributed by atoms with E-state index in [9.17, 15) is 0 Å². The Labute approximate surface area is 302 Å². The molecule has 7 aromatic rings. The molecule has 0 amide bonds. The number of benzene rings is 7. The van der Waals surface area contributed by atoms with Gasteiger partial charge in [0, 0.05) is 39.6 Å². The van der Waals surface area contributed by atoms with Crippen molar-refractivity contribution in [2.75, 3.05) is 9.71 Å². The molecule has 0 saturated heterocycles. The first-order valence-corrected chi connectivity index (χ1v) is 18.6. The lowest BCUT2D eigenvalue weighted by atomic mass is 9.43. The van der Waals surface area contributed by atoms with E-state index in [1.54, 1.807) is 0 Å². The Balaban J connectivity index is 1.27. The highest BCUT2D eigenvalue weighted by molar-refractivity contribution is 6.93. The van der Waals surface area contributed by atoms with E-state index < -0.39 is 0 Å². The third-order valence-corrected chi connectivity index (χ3v) is 11.6. The summed E-state index contributed by atoms with van der Waals surface area (Å²) in [6, 6.07) is 55.1. The lowest BCUT2D eigenvalue weighted by Crippen LogP contribution is -2.61. The lowest BCUT2D eigenvalue weighted by Gasteiger charge is -2.46. The van der Waals surface area contributed by atoms with Crippen LogP contribution in [0.4, 0.5) is 28.4 Å². The van der Waals surface area contributed by atoms with Gasteiger partial charge in [0.1, 0.15) is 0 Å². The molecule has 0 radical (unpaired) electrons. The number of anilines is 5. The molecule has 0 spiro atoms. The van der Waals surface area contributed by atoms with Crippen molar-refractivity contribution in [1.82, 2.24) is 0 Å². The molecule has 2 heterocycles. The van der Waals surface area contributed by atoms with E-state index in [0.717, 1.165) is 12.8 Å². The second-order valence-electron chi connectivity index (χ2n) is 15.6. The first-order valence-electron chi connectivity index (χ1n) is 18.6. The van der Waals surface area contributed by atoms with Crippen LogP contribution in [0.2, 0.25) is 0 Å². The molecular weight excluding hydrogens is 615 g/mol. The van der Waals surface area contributed by atoms with E-state index in [1.807, 2.05) is 0 Å². The van der Waals surface area contributed by atoms with Gasteiger partial charge in [-0.2, -0.15) is 0 Å². The molecule has 0 saturated carbocycles. The zero-order valence-corrected chi connectivity index (χ0v) is 29.7. The van der Waals surface area contributed by atoms with Gasteiger partial charge in [0.2, 0.25) is 0 Å². The van der Waals surface area contributed by atoms with Gasteiger partial charge in [0.05, 0.1) is 0 Å². The first kappa shape index (κ1) is 30.3. The standard InChI is InChI=1S/C48H41BN2/c1-48(2,3)34-27-29-35(30-28-34)50-43-24-11-9-22-41(43)49-47-40(21-13-25-45(47)50)38-19-8-10-23-42(38)51(49)44-31-26-33-15-5-7-18-37(33)46(44)39-20-12-16-32-14-4-6-17-36(32)39/h4,6,8-14,16-17,19-31H,5,7,15,18H2,1-3H3. The Kier molecular flexibility index (Phi) is 6.83. The monoisotopic (exact) mass is 656 g/mol. The number of para-hydroxylation sites is 2. The average Bonchev–Trinajstić information content (AvgIpc) is 3.17. The van der Waals surface area contributed by atoms with Gasteiger partial charge in [-0.25, -0.2) is 0 Å². The second-order valence-corrected chi connectivity index (χ2v) is 15.6. The Morgan fingerprint density at radius 3 is 2.06 bits per heavy atom. The largest absolute Gasteiger partial charge is 0.376 e. The Bertz CT molecular complexity index is 2480. The van der Waals surface area contributed by atoms with Crippen LogP contribution in [0, 0.1) is 0 Å². The highest BCUT2D eigenvalue weighted by Crippen LogP contribution is 2.50. The number of fused-ring (bicyclic) bond motifs is 6. The quantitative estimate of drug-likeness (QED) is 0.175. The summed E-state index contributed by atoms with van der Waals surface area (Å²) in [4.78, 5) is 5.20. The topological polar surface area (TPSA) is 6.48 Å². The number of nitrogens with zero attached hydrogens (tertiary/aromatic N) is 2. The van der Waals surface area contributed by atoms with Crippen molar-refractivity contribution in [2.24, 2.45) is 0 Å². The predicted octanol–water partition coefficient (Wildman–Crippen LogP) is 11.4. The summed E-state index contributed by atoms with van der Waals surface area (Å²) < 4.78 is 0.